The quantitative estimate of drug-likeness (QED) is 0.203. The summed E-state index contributed by atoms with van der Waals surface area (Å²) in [5.74, 6) is 0. The molecule has 0 atom stereocenters. The molecule has 46 heavy (non-hydrogen) atoms. The fraction of sp³-hybridized carbons (Fsp3) is 0. The van der Waals surface area contributed by atoms with E-state index in [9.17, 15) is 0 Å². The molecular formula is C44H29NO. The average Bonchev–Trinajstić information content (AvgIpc) is 3.51. The van der Waals surface area contributed by atoms with Crippen molar-refractivity contribution in [2.24, 2.45) is 0 Å². The molecule has 0 amide bonds. The predicted molar refractivity (Wildman–Crippen MR) is 195 cm³/mol. The highest BCUT2D eigenvalue weighted by Gasteiger charge is 2.13. The van der Waals surface area contributed by atoms with Crippen LogP contribution in [0, 0.1) is 0 Å². The molecule has 2 nitrogen and oxygen atoms in total. The highest BCUT2D eigenvalue weighted by Crippen LogP contribution is 2.38. The standard InChI is InChI=1S/C44H29NO/c1-2-9-30(10-3-1)37-15-8-16-40-42-27-32(21-26-43(42)46-44(37)40)29-17-22-34(23-18-29)45-35-24-19-31(20-25-35)41-28-33-11-4-5-12-36(33)38-13-6-7-14-39(38)41/h1-28,45H. The normalized spacial score (nSPS) is 11.5. The van der Waals surface area contributed by atoms with Crippen LogP contribution in [-0.2, 0) is 0 Å². The zero-order valence-electron chi connectivity index (χ0n) is 25.1. The molecule has 0 unspecified atom stereocenters. The molecule has 0 aliphatic carbocycles. The number of benzene rings is 8. The fourth-order valence-electron chi connectivity index (χ4n) is 6.76. The maximum atomic E-state index is 6.38. The van der Waals surface area contributed by atoms with Crippen LogP contribution in [0.1, 0.15) is 0 Å². The number of furan rings is 1. The van der Waals surface area contributed by atoms with Gasteiger partial charge in [0.05, 0.1) is 0 Å². The summed E-state index contributed by atoms with van der Waals surface area (Å²) in [7, 11) is 0. The van der Waals surface area contributed by atoms with Crippen molar-refractivity contribution in [1.82, 2.24) is 0 Å². The predicted octanol–water partition coefficient (Wildman–Crippen LogP) is 12.6. The molecule has 1 N–H and O–H groups in total. The van der Waals surface area contributed by atoms with Gasteiger partial charge in [-0.2, -0.15) is 0 Å². The lowest BCUT2D eigenvalue weighted by Gasteiger charge is -2.12. The van der Waals surface area contributed by atoms with Gasteiger partial charge in [0.15, 0.2) is 0 Å². The first-order valence-electron chi connectivity index (χ1n) is 15.7. The van der Waals surface area contributed by atoms with Gasteiger partial charge in [0.1, 0.15) is 11.2 Å². The summed E-state index contributed by atoms with van der Waals surface area (Å²) >= 11 is 0. The van der Waals surface area contributed by atoms with E-state index in [1.54, 1.807) is 0 Å². The maximum absolute atomic E-state index is 6.38. The minimum atomic E-state index is 0.903. The SMILES string of the molecule is c1ccc(-c2cccc3c2oc2ccc(-c4ccc(Nc5ccc(-c6cc7ccccc7c7ccccc67)cc5)cc4)cc23)cc1. The Morgan fingerprint density at radius 1 is 0.348 bits per heavy atom. The lowest BCUT2D eigenvalue weighted by molar-refractivity contribution is 0.670. The second-order valence-corrected chi connectivity index (χ2v) is 11.8. The Labute approximate surface area is 267 Å². The second kappa shape index (κ2) is 10.8. The molecule has 0 saturated heterocycles. The van der Waals surface area contributed by atoms with E-state index < -0.39 is 0 Å². The van der Waals surface area contributed by atoms with Gasteiger partial charge in [-0.15, -0.1) is 0 Å². The lowest BCUT2D eigenvalue weighted by atomic mass is 9.93. The van der Waals surface area contributed by atoms with Gasteiger partial charge in [0.2, 0.25) is 0 Å². The Bertz CT molecular complexity index is 2520. The van der Waals surface area contributed by atoms with E-state index in [0.29, 0.717) is 0 Å². The first-order valence-corrected chi connectivity index (χ1v) is 15.7. The number of nitrogens with one attached hydrogen (secondary N) is 1. The van der Waals surface area contributed by atoms with Gasteiger partial charge in [0, 0.05) is 27.7 Å². The van der Waals surface area contributed by atoms with Crippen molar-refractivity contribution in [3.63, 3.8) is 0 Å². The lowest BCUT2D eigenvalue weighted by Crippen LogP contribution is -1.91. The molecule has 0 spiro atoms. The van der Waals surface area contributed by atoms with Gasteiger partial charge in [0.25, 0.3) is 0 Å². The summed E-state index contributed by atoms with van der Waals surface area (Å²) in [6.45, 7) is 0. The first kappa shape index (κ1) is 26.3. The molecule has 0 fully saturated rings. The van der Waals surface area contributed by atoms with Crippen LogP contribution < -0.4 is 5.32 Å². The molecule has 2 heteroatoms. The zero-order chi connectivity index (χ0) is 30.5. The summed E-state index contributed by atoms with van der Waals surface area (Å²) < 4.78 is 6.38. The molecule has 216 valence electrons. The van der Waals surface area contributed by atoms with E-state index in [1.807, 2.05) is 6.07 Å². The van der Waals surface area contributed by atoms with Crippen LogP contribution in [0.3, 0.4) is 0 Å². The summed E-state index contributed by atoms with van der Waals surface area (Å²) in [5, 5.41) is 11.0. The Morgan fingerprint density at radius 2 is 0.957 bits per heavy atom. The number of para-hydroxylation sites is 1. The van der Waals surface area contributed by atoms with Crippen LogP contribution in [0.4, 0.5) is 11.4 Å². The summed E-state index contributed by atoms with van der Waals surface area (Å²) in [6.07, 6.45) is 0. The minimum absolute atomic E-state index is 0.903. The van der Waals surface area contributed by atoms with Crippen LogP contribution in [0.15, 0.2) is 174 Å². The second-order valence-electron chi connectivity index (χ2n) is 11.8. The molecule has 9 rings (SSSR count). The smallest absolute Gasteiger partial charge is 0.143 e. The van der Waals surface area contributed by atoms with Crippen LogP contribution in [0.2, 0.25) is 0 Å². The molecule has 0 aliphatic heterocycles. The summed E-state index contributed by atoms with van der Waals surface area (Å²) in [5.41, 5.74) is 11.0. The van der Waals surface area contributed by atoms with Gasteiger partial charge in [-0.25, -0.2) is 0 Å². The van der Waals surface area contributed by atoms with E-state index in [2.05, 4.69) is 169 Å². The average molecular weight is 588 g/mol. The number of fused-ring (bicyclic) bond motifs is 6. The van der Waals surface area contributed by atoms with E-state index >= 15 is 0 Å². The van der Waals surface area contributed by atoms with Crippen molar-refractivity contribution in [2.75, 3.05) is 5.32 Å². The van der Waals surface area contributed by atoms with Crippen LogP contribution in [0.5, 0.6) is 0 Å². The molecular weight excluding hydrogens is 558 g/mol. The highest BCUT2D eigenvalue weighted by molar-refractivity contribution is 6.14. The zero-order valence-corrected chi connectivity index (χ0v) is 25.1. The Hall–Kier alpha value is -6.12. The highest BCUT2D eigenvalue weighted by atomic mass is 16.3. The van der Waals surface area contributed by atoms with Crippen molar-refractivity contribution >= 4 is 54.9 Å². The van der Waals surface area contributed by atoms with E-state index in [1.165, 1.54) is 43.8 Å². The van der Waals surface area contributed by atoms with Crippen molar-refractivity contribution in [3.05, 3.63) is 170 Å². The van der Waals surface area contributed by atoms with Gasteiger partial charge in [-0.05, 0) is 91.8 Å². The van der Waals surface area contributed by atoms with Gasteiger partial charge in [-0.1, -0.05) is 127 Å². The Balaban J connectivity index is 0.986. The van der Waals surface area contributed by atoms with Crippen LogP contribution in [-0.4, -0.2) is 0 Å². The van der Waals surface area contributed by atoms with E-state index in [0.717, 1.165) is 44.4 Å². The summed E-state index contributed by atoms with van der Waals surface area (Å²) in [4.78, 5) is 0. The Morgan fingerprint density at radius 3 is 1.74 bits per heavy atom. The van der Waals surface area contributed by atoms with Crippen molar-refractivity contribution in [1.29, 1.82) is 0 Å². The van der Waals surface area contributed by atoms with Crippen LogP contribution >= 0.6 is 0 Å². The van der Waals surface area contributed by atoms with Crippen molar-refractivity contribution in [3.8, 4) is 33.4 Å². The van der Waals surface area contributed by atoms with E-state index in [-0.39, 0.29) is 0 Å². The van der Waals surface area contributed by atoms with Crippen LogP contribution in [0.25, 0.3) is 76.9 Å². The maximum Gasteiger partial charge on any atom is 0.143 e. The number of hydrogen-bond acceptors (Lipinski definition) is 2. The summed E-state index contributed by atoms with van der Waals surface area (Å²) in [6, 6.07) is 60.3. The van der Waals surface area contributed by atoms with Gasteiger partial charge >= 0.3 is 0 Å². The number of rotatable bonds is 5. The molecule has 0 aliphatic rings. The topological polar surface area (TPSA) is 25.2 Å². The fourth-order valence-corrected chi connectivity index (χ4v) is 6.76. The molecule has 1 heterocycles. The van der Waals surface area contributed by atoms with Gasteiger partial charge < -0.3 is 9.73 Å². The molecule has 8 aromatic carbocycles. The van der Waals surface area contributed by atoms with Gasteiger partial charge in [-0.3, -0.25) is 0 Å². The third-order valence-electron chi connectivity index (χ3n) is 9.05. The number of hydrogen-bond donors (Lipinski definition) is 1. The first-order chi connectivity index (χ1) is 22.8. The molecule has 1 aromatic heterocycles. The number of anilines is 2. The van der Waals surface area contributed by atoms with E-state index in [4.69, 9.17) is 4.42 Å². The largest absolute Gasteiger partial charge is 0.455 e. The molecule has 0 bridgehead atoms. The van der Waals surface area contributed by atoms with Crippen molar-refractivity contribution in [2.45, 2.75) is 0 Å². The third-order valence-corrected chi connectivity index (χ3v) is 9.05. The Kier molecular flexibility index (Phi) is 6.17. The van der Waals surface area contributed by atoms with Crippen molar-refractivity contribution < 1.29 is 4.42 Å². The molecule has 9 aromatic rings. The molecule has 0 radical (unpaired) electrons. The third kappa shape index (κ3) is 4.51. The molecule has 0 saturated carbocycles. The minimum Gasteiger partial charge on any atom is -0.455 e. The monoisotopic (exact) mass is 587 g/mol.